The van der Waals surface area contributed by atoms with Crippen molar-refractivity contribution < 1.29 is 27.8 Å². The summed E-state index contributed by atoms with van der Waals surface area (Å²) in [6.07, 6.45) is 2.27. The number of ether oxygens (including phenoxy) is 3. The zero-order valence-electron chi connectivity index (χ0n) is 16.4. The maximum atomic E-state index is 12.8. The Hall–Kier alpha value is -2.83. The Morgan fingerprint density at radius 3 is 2.52 bits per heavy atom. The molecule has 0 aliphatic carbocycles. The van der Waals surface area contributed by atoms with Gasteiger partial charge in [0.2, 0.25) is 5.91 Å². The van der Waals surface area contributed by atoms with Gasteiger partial charge >= 0.3 is 6.61 Å². The summed E-state index contributed by atoms with van der Waals surface area (Å²) in [5.41, 5.74) is 1.32. The smallest absolute Gasteiger partial charge is 0.387 e. The van der Waals surface area contributed by atoms with Gasteiger partial charge in [-0.1, -0.05) is 24.3 Å². The Bertz CT molecular complexity index is 828. The molecular formula is C22H25F2NO4. The molecule has 0 saturated carbocycles. The van der Waals surface area contributed by atoms with Crippen molar-refractivity contribution in [3.63, 3.8) is 0 Å². The number of carbonyl (C=O) groups excluding carboxylic acids is 1. The summed E-state index contributed by atoms with van der Waals surface area (Å²) < 4.78 is 41.4. The number of carbonyl (C=O) groups is 1. The Labute approximate surface area is 169 Å². The second kappa shape index (κ2) is 10.1. The molecule has 7 heteroatoms. The van der Waals surface area contributed by atoms with Crippen molar-refractivity contribution in [1.29, 1.82) is 0 Å². The number of rotatable bonds is 9. The number of alkyl halides is 2. The molecule has 0 radical (unpaired) electrons. The average molecular weight is 405 g/mol. The molecule has 3 rings (SSSR count). The van der Waals surface area contributed by atoms with E-state index in [2.05, 4.69) is 4.74 Å². The minimum absolute atomic E-state index is 0.0486. The number of halogens is 2. The molecule has 0 N–H and O–H groups in total. The molecule has 5 nitrogen and oxygen atoms in total. The van der Waals surface area contributed by atoms with Crippen molar-refractivity contribution in [2.24, 2.45) is 0 Å². The number of para-hydroxylation sites is 3. The van der Waals surface area contributed by atoms with Crippen molar-refractivity contribution >= 4 is 11.6 Å². The number of hydrogen-bond acceptors (Lipinski definition) is 4. The van der Waals surface area contributed by atoms with Crippen LogP contribution in [0, 0.1) is 0 Å². The fraction of sp³-hybridized carbons (Fsp3) is 0.409. The number of hydrogen-bond donors (Lipinski definition) is 0. The number of anilines is 1. The fourth-order valence-electron chi connectivity index (χ4n) is 3.44. The summed E-state index contributed by atoms with van der Waals surface area (Å²) in [4.78, 5) is 14.3. The molecule has 0 saturated heterocycles. The number of fused-ring (bicyclic) bond motifs is 1. The number of aryl methyl sites for hydroxylation is 1. The van der Waals surface area contributed by atoms with Gasteiger partial charge in [-0.25, -0.2) is 0 Å². The predicted molar refractivity (Wildman–Crippen MR) is 106 cm³/mol. The second-order valence-corrected chi connectivity index (χ2v) is 6.62. The average Bonchev–Trinajstić information content (AvgIpc) is 2.71. The number of nitrogens with zero attached hydrogens (tertiary/aromatic N) is 1. The third kappa shape index (κ3) is 5.37. The van der Waals surface area contributed by atoms with Crippen LogP contribution >= 0.6 is 0 Å². The van der Waals surface area contributed by atoms with Gasteiger partial charge in [0.25, 0.3) is 0 Å². The second-order valence-electron chi connectivity index (χ2n) is 6.62. The van der Waals surface area contributed by atoms with Crippen molar-refractivity contribution in [3.8, 4) is 17.2 Å². The van der Waals surface area contributed by atoms with Gasteiger partial charge in [0.05, 0.1) is 18.9 Å². The zero-order chi connectivity index (χ0) is 20.6. The van der Waals surface area contributed by atoms with Gasteiger partial charge in [-0.3, -0.25) is 4.79 Å². The summed E-state index contributed by atoms with van der Waals surface area (Å²) >= 11 is 0. The summed E-state index contributed by atoms with van der Waals surface area (Å²) in [7, 11) is 0. The van der Waals surface area contributed by atoms with Crippen LogP contribution in [-0.2, 0) is 11.2 Å². The number of benzene rings is 2. The highest BCUT2D eigenvalue weighted by atomic mass is 19.3. The van der Waals surface area contributed by atoms with E-state index in [1.54, 1.807) is 11.0 Å². The van der Waals surface area contributed by atoms with Crippen molar-refractivity contribution in [3.05, 3.63) is 48.0 Å². The van der Waals surface area contributed by atoms with E-state index in [1.807, 2.05) is 37.3 Å². The minimum Gasteiger partial charge on any atom is -0.490 e. The highest BCUT2D eigenvalue weighted by Gasteiger charge is 2.26. The van der Waals surface area contributed by atoms with Crippen LogP contribution in [0.25, 0.3) is 0 Å². The molecular weight excluding hydrogens is 380 g/mol. The van der Waals surface area contributed by atoms with E-state index in [9.17, 15) is 13.6 Å². The first kappa shape index (κ1) is 20.9. The molecule has 0 fully saturated rings. The normalized spacial score (nSPS) is 13.2. The first-order valence-electron chi connectivity index (χ1n) is 9.82. The zero-order valence-corrected chi connectivity index (χ0v) is 16.4. The lowest BCUT2D eigenvalue weighted by Gasteiger charge is -2.31. The summed E-state index contributed by atoms with van der Waals surface area (Å²) in [5.74, 6) is 1.23. The maximum Gasteiger partial charge on any atom is 0.387 e. The minimum atomic E-state index is -2.93. The molecule has 0 spiro atoms. The molecule has 0 aromatic heterocycles. The fourth-order valence-corrected chi connectivity index (χ4v) is 3.44. The van der Waals surface area contributed by atoms with Crippen molar-refractivity contribution in [2.45, 2.75) is 39.2 Å². The van der Waals surface area contributed by atoms with Crippen LogP contribution in [0.5, 0.6) is 17.2 Å². The third-order valence-electron chi connectivity index (χ3n) is 4.64. The van der Waals surface area contributed by atoms with Gasteiger partial charge in [-0.05, 0) is 49.9 Å². The Morgan fingerprint density at radius 1 is 1.07 bits per heavy atom. The molecule has 2 aromatic rings. The van der Waals surface area contributed by atoms with Crippen molar-refractivity contribution in [2.75, 3.05) is 24.7 Å². The molecule has 29 heavy (non-hydrogen) atoms. The van der Waals surface area contributed by atoms with Crippen LogP contribution in [-0.4, -0.2) is 32.3 Å². The van der Waals surface area contributed by atoms with Crippen LogP contribution in [0.1, 0.15) is 31.7 Å². The standard InChI is InChI=1S/C22H25F2NO4/c1-2-27-17-10-3-4-11-18(17)28-15-7-13-20(26)25-14-6-9-16-8-5-12-19(21(16)25)29-22(23)24/h3-5,8,10-12,22H,2,6-7,9,13-15H2,1H3. The summed E-state index contributed by atoms with van der Waals surface area (Å²) in [5, 5.41) is 0. The molecule has 2 aromatic carbocycles. The van der Waals surface area contributed by atoms with E-state index in [1.165, 1.54) is 6.07 Å². The Kier molecular flexibility index (Phi) is 7.27. The maximum absolute atomic E-state index is 12.8. The first-order chi connectivity index (χ1) is 14.1. The summed E-state index contributed by atoms with van der Waals surface area (Å²) in [6, 6.07) is 12.4. The van der Waals surface area contributed by atoms with Crippen LogP contribution in [0.15, 0.2) is 42.5 Å². The van der Waals surface area contributed by atoms with Crippen molar-refractivity contribution in [1.82, 2.24) is 0 Å². The van der Waals surface area contributed by atoms with Gasteiger partial charge < -0.3 is 19.1 Å². The Morgan fingerprint density at radius 2 is 1.79 bits per heavy atom. The molecule has 0 bridgehead atoms. The third-order valence-corrected chi connectivity index (χ3v) is 4.64. The highest BCUT2D eigenvalue weighted by Crippen LogP contribution is 2.37. The van der Waals surface area contributed by atoms with Gasteiger partial charge in [-0.2, -0.15) is 8.78 Å². The van der Waals surface area contributed by atoms with Crippen LogP contribution in [0.2, 0.25) is 0 Å². The molecule has 1 aliphatic rings. The van der Waals surface area contributed by atoms with E-state index in [4.69, 9.17) is 9.47 Å². The van der Waals surface area contributed by atoms with Crippen LogP contribution in [0.4, 0.5) is 14.5 Å². The highest BCUT2D eigenvalue weighted by molar-refractivity contribution is 5.96. The SMILES string of the molecule is CCOc1ccccc1OCCCC(=O)N1CCCc2cccc(OC(F)F)c21. The lowest BCUT2D eigenvalue weighted by atomic mass is 10.0. The largest absolute Gasteiger partial charge is 0.490 e. The first-order valence-corrected chi connectivity index (χ1v) is 9.82. The van der Waals surface area contributed by atoms with Crippen LogP contribution in [0.3, 0.4) is 0 Å². The summed E-state index contributed by atoms with van der Waals surface area (Å²) in [6.45, 7) is 0.350. The molecule has 1 heterocycles. The van der Waals surface area contributed by atoms with E-state index in [0.29, 0.717) is 43.4 Å². The lowest BCUT2D eigenvalue weighted by Crippen LogP contribution is -2.36. The van der Waals surface area contributed by atoms with E-state index >= 15 is 0 Å². The molecule has 156 valence electrons. The van der Waals surface area contributed by atoms with Crippen LogP contribution < -0.4 is 19.1 Å². The Balaban J connectivity index is 1.60. The van der Waals surface area contributed by atoms with E-state index in [0.717, 1.165) is 18.4 Å². The van der Waals surface area contributed by atoms with E-state index in [-0.39, 0.29) is 18.1 Å². The topological polar surface area (TPSA) is 48.0 Å². The van der Waals surface area contributed by atoms with Gasteiger partial charge in [0, 0.05) is 13.0 Å². The molecule has 1 aliphatic heterocycles. The monoisotopic (exact) mass is 405 g/mol. The van der Waals surface area contributed by atoms with Gasteiger partial charge in [0.1, 0.15) is 5.75 Å². The molecule has 0 atom stereocenters. The molecule has 0 unspecified atom stereocenters. The quantitative estimate of drug-likeness (QED) is 0.561. The predicted octanol–water partition coefficient (Wildman–Crippen LogP) is 4.83. The number of amides is 1. The molecule has 1 amide bonds. The lowest BCUT2D eigenvalue weighted by molar-refractivity contribution is -0.119. The van der Waals surface area contributed by atoms with Gasteiger partial charge in [-0.15, -0.1) is 0 Å². The van der Waals surface area contributed by atoms with Gasteiger partial charge in [0.15, 0.2) is 11.5 Å². The van der Waals surface area contributed by atoms with E-state index < -0.39 is 6.61 Å².